The summed E-state index contributed by atoms with van der Waals surface area (Å²) >= 11 is 0. The summed E-state index contributed by atoms with van der Waals surface area (Å²) in [7, 11) is 1.67. The van der Waals surface area contributed by atoms with Gasteiger partial charge in [-0.3, -0.25) is 4.79 Å². The zero-order valence-electron chi connectivity index (χ0n) is 19.3. The Kier molecular flexibility index (Phi) is 5.02. The molecule has 2 fully saturated rings. The molecule has 166 valence electrons. The first-order chi connectivity index (χ1) is 14.8. The molecule has 6 atom stereocenters. The Balaban J connectivity index is 1.39. The van der Waals surface area contributed by atoms with Crippen molar-refractivity contribution in [1.29, 1.82) is 0 Å². The molecular weight excluding hydrogens is 386 g/mol. The Morgan fingerprint density at radius 2 is 1.87 bits per heavy atom. The van der Waals surface area contributed by atoms with Crippen molar-refractivity contribution >= 4 is 11.5 Å². The van der Waals surface area contributed by atoms with Gasteiger partial charge in [-0.15, -0.1) is 0 Å². The predicted molar refractivity (Wildman–Crippen MR) is 121 cm³/mol. The van der Waals surface area contributed by atoms with E-state index in [1.807, 2.05) is 12.3 Å². The Morgan fingerprint density at radius 1 is 1.06 bits per heavy atom. The zero-order valence-corrected chi connectivity index (χ0v) is 19.3. The van der Waals surface area contributed by atoms with Crippen molar-refractivity contribution in [1.82, 2.24) is 4.98 Å². The Labute approximate surface area is 186 Å². The third-order valence-electron chi connectivity index (χ3n) is 9.23. The number of aromatic nitrogens is 1. The first-order valence-electron chi connectivity index (χ1n) is 11.9. The standard InChI is InChI=1S/C27H35NO3/c1-17(29)31-20-11-13-26(2)19(15-20)6-7-21-23-9-8-22(27(23,3)14-12-24(21)26)18-5-10-25(30-4)28-16-18/h5-6,8,10,16,20-21,23-24H,7,9,11-15H2,1-4H3/t20-,21-,23-,24-,26-,27+/m0/s1. The van der Waals surface area contributed by atoms with Gasteiger partial charge in [0.2, 0.25) is 5.88 Å². The zero-order chi connectivity index (χ0) is 21.8. The van der Waals surface area contributed by atoms with Crippen molar-refractivity contribution in [3.05, 3.63) is 41.6 Å². The number of rotatable bonds is 3. The number of esters is 1. The third-order valence-corrected chi connectivity index (χ3v) is 9.23. The van der Waals surface area contributed by atoms with Crippen LogP contribution in [0.15, 0.2) is 36.1 Å². The number of ether oxygens (including phenoxy) is 2. The molecule has 0 N–H and O–H groups in total. The highest BCUT2D eigenvalue weighted by Gasteiger charge is 2.57. The molecule has 4 aliphatic carbocycles. The number of carbonyl (C=O) groups is 1. The van der Waals surface area contributed by atoms with Gasteiger partial charge in [0.1, 0.15) is 6.10 Å². The smallest absolute Gasteiger partial charge is 0.302 e. The number of hydrogen-bond donors (Lipinski definition) is 0. The van der Waals surface area contributed by atoms with Gasteiger partial charge in [0.05, 0.1) is 7.11 Å². The minimum absolute atomic E-state index is 0.0737. The van der Waals surface area contributed by atoms with Crippen LogP contribution in [0.3, 0.4) is 0 Å². The molecule has 5 rings (SSSR count). The molecule has 0 bridgehead atoms. The number of methoxy groups -OCH3 is 1. The summed E-state index contributed by atoms with van der Waals surface area (Å²) in [5, 5.41) is 0. The van der Waals surface area contributed by atoms with Gasteiger partial charge < -0.3 is 9.47 Å². The summed E-state index contributed by atoms with van der Waals surface area (Å²) in [6.07, 6.45) is 15.0. The second-order valence-electron chi connectivity index (χ2n) is 10.6. The van der Waals surface area contributed by atoms with Gasteiger partial charge >= 0.3 is 5.97 Å². The lowest BCUT2D eigenvalue weighted by molar-refractivity contribution is -0.148. The third kappa shape index (κ3) is 3.25. The molecule has 0 spiro atoms. The van der Waals surface area contributed by atoms with Crippen LogP contribution >= 0.6 is 0 Å². The number of fused-ring (bicyclic) bond motifs is 5. The van der Waals surface area contributed by atoms with Crippen LogP contribution in [0.1, 0.15) is 71.3 Å². The molecule has 4 nitrogen and oxygen atoms in total. The van der Waals surface area contributed by atoms with Gasteiger partial charge in [0, 0.05) is 25.6 Å². The van der Waals surface area contributed by atoms with Gasteiger partial charge in [-0.05, 0) is 84.3 Å². The predicted octanol–water partition coefficient (Wildman–Crippen LogP) is 5.98. The molecule has 1 heterocycles. The largest absolute Gasteiger partial charge is 0.481 e. The number of allylic oxidation sites excluding steroid dienone is 3. The fraction of sp³-hybridized carbons (Fsp3) is 0.630. The van der Waals surface area contributed by atoms with E-state index in [9.17, 15) is 4.79 Å². The first-order valence-corrected chi connectivity index (χ1v) is 11.9. The average Bonchev–Trinajstić information content (AvgIpc) is 3.11. The van der Waals surface area contributed by atoms with E-state index in [-0.39, 0.29) is 22.9 Å². The van der Waals surface area contributed by atoms with Crippen molar-refractivity contribution in [3.8, 4) is 5.88 Å². The van der Waals surface area contributed by atoms with E-state index in [0.29, 0.717) is 11.8 Å². The van der Waals surface area contributed by atoms with Crippen molar-refractivity contribution in [3.63, 3.8) is 0 Å². The molecule has 0 aliphatic heterocycles. The van der Waals surface area contributed by atoms with E-state index in [1.165, 1.54) is 43.7 Å². The van der Waals surface area contributed by atoms with Crippen LogP contribution in [0, 0.1) is 28.6 Å². The van der Waals surface area contributed by atoms with Crippen LogP contribution < -0.4 is 4.74 Å². The molecular formula is C27H35NO3. The molecule has 1 aromatic rings. The highest BCUT2D eigenvalue weighted by Crippen LogP contribution is 2.66. The fourth-order valence-corrected chi connectivity index (χ4v) is 7.64. The second kappa shape index (κ2) is 7.50. The van der Waals surface area contributed by atoms with Crippen molar-refractivity contribution in [2.24, 2.45) is 28.6 Å². The Hall–Kier alpha value is -2.10. The summed E-state index contributed by atoms with van der Waals surface area (Å²) in [5.74, 6) is 2.70. The molecule has 31 heavy (non-hydrogen) atoms. The van der Waals surface area contributed by atoms with Crippen LogP contribution in [-0.4, -0.2) is 24.2 Å². The maximum Gasteiger partial charge on any atom is 0.302 e. The summed E-state index contributed by atoms with van der Waals surface area (Å²) in [4.78, 5) is 15.9. The van der Waals surface area contributed by atoms with Gasteiger partial charge in [-0.25, -0.2) is 4.98 Å². The number of hydrogen-bond acceptors (Lipinski definition) is 4. The van der Waals surface area contributed by atoms with Gasteiger partial charge in [-0.2, -0.15) is 0 Å². The molecule has 0 radical (unpaired) electrons. The van der Waals surface area contributed by atoms with E-state index < -0.39 is 0 Å². The van der Waals surface area contributed by atoms with E-state index in [2.05, 4.69) is 37.0 Å². The van der Waals surface area contributed by atoms with Gasteiger partial charge in [-0.1, -0.05) is 31.6 Å². The van der Waals surface area contributed by atoms with E-state index in [0.717, 1.165) is 31.1 Å². The van der Waals surface area contributed by atoms with Gasteiger partial charge in [0.25, 0.3) is 0 Å². The topological polar surface area (TPSA) is 48.4 Å². The highest BCUT2D eigenvalue weighted by atomic mass is 16.5. The number of carbonyl (C=O) groups excluding carboxylic acids is 1. The molecule has 0 saturated heterocycles. The maximum atomic E-state index is 11.5. The summed E-state index contributed by atoms with van der Waals surface area (Å²) in [6.45, 7) is 6.53. The first kappa shape index (κ1) is 20.8. The summed E-state index contributed by atoms with van der Waals surface area (Å²) in [5.41, 5.74) is 4.80. The minimum atomic E-state index is -0.145. The minimum Gasteiger partial charge on any atom is -0.481 e. The van der Waals surface area contributed by atoms with Crippen LogP contribution in [-0.2, 0) is 9.53 Å². The van der Waals surface area contributed by atoms with Crippen molar-refractivity contribution in [2.75, 3.05) is 7.11 Å². The average molecular weight is 422 g/mol. The quantitative estimate of drug-likeness (QED) is 0.445. The van der Waals surface area contributed by atoms with Crippen LogP contribution in [0.2, 0.25) is 0 Å². The molecule has 0 aromatic carbocycles. The number of pyridine rings is 1. The lowest BCUT2D eigenvalue weighted by atomic mass is 9.47. The van der Waals surface area contributed by atoms with Crippen LogP contribution in [0.5, 0.6) is 5.88 Å². The van der Waals surface area contributed by atoms with Gasteiger partial charge in [0.15, 0.2) is 0 Å². The maximum absolute atomic E-state index is 11.5. The normalized spacial score (nSPS) is 38.8. The van der Waals surface area contributed by atoms with E-state index >= 15 is 0 Å². The van der Waals surface area contributed by atoms with Crippen molar-refractivity contribution < 1.29 is 14.3 Å². The molecule has 2 saturated carbocycles. The van der Waals surface area contributed by atoms with E-state index in [4.69, 9.17) is 9.47 Å². The van der Waals surface area contributed by atoms with E-state index in [1.54, 1.807) is 12.7 Å². The molecule has 0 amide bonds. The summed E-state index contributed by atoms with van der Waals surface area (Å²) in [6, 6.07) is 4.16. The fourth-order valence-electron chi connectivity index (χ4n) is 7.64. The van der Waals surface area contributed by atoms with Crippen molar-refractivity contribution in [2.45, 2.75) is 71.8 Å². The Bertz CT molecular complexity index is 932. The Morgan fingerprint density at radius 3 is 2.58 bits per heavy atom. The van der Waals surface area contributed by atoms with Crippen LogP contribution in [0.25, 0.3) is 5.57 Å². The SMILES string of the molecule is COc1ccc(C2=CC[C@H]3[C@@H]4CC=C5C[C@@H](OC(C)=O)CC[C@]5(C)[C@H]4CC[C@]23C)cn1. The lowest BCUT2D eigenvalue weighted by Gasteiger charge is -2.57. The second-order valence-corrected chi connectivity index (χ2v) is 10.6. The lowest BCUT2D eigenvalue weighted by Crippen LogP contribution is -2.50. The summed E-state index contributed by atoms with van der Waals surface area (Å²) < 4.78 is 10.8. The van der Waals surface area contributed by atoms with Crippen LogP contribution in [0.4, 0.5) is 0 Å². The molecule has 1 aromatic heterocycles. The molecule has 0 unspecified atom stereocenters. The number of nitrogens with zero attached hydrogens (tertiary/aromatic N) is 1. The molecule has 4 aliphatic rings. The highest BCUT2D eigenvalue weighted by molar-refractivity contribution is 5.72. The molecule has 4 heteroatoms. The monoisotopic (exact) mass is 421 g/mol.